The highest BCUT2D eigenvalue weighted by Crippen LogP contribution is 2.18. The van der Waals surface area contributed by atoms with Crippen LogP contribution in [0.5, 0.6) is 0 Å². The molecule has 86 valence electrons. The number of rotatable bonds is 4. The van der Waals surface area contributed by atoms with Crippen molar-refractivity contribution in [3.05, 3.63) is 0 Å². The zero-order valence-electron chi connectivity index (χ0n) is 9.34. The van der Waals surface area contributed by atoms with Crippen LogP contribution < -0.4 is 10.6 Å². The molecule has 1 heterocycles. The SMILES string of the molecule is CC1(OCC(=O)NC2CCCC2)CNC1. The first-order chi connectivity index (χ1) is 7.18. The summed E-state index contributed by atoms with van der Waals surface area (Å²) in [6.45, 7) is 3.94. The molecule has 0 bridgehead atoms. The van der Waals surface area contributed by atoms with Gasteiger partial charge in [0.2, 0.25) is 5.91 Å². The molecule has 0 spiro atoms. The summed E-state index contributed by atoms with van der Waals surface area (Å²) in [6.07, 6.45) is 4.75. The summed E-state index contributed by atoms with van der Waals surface area (Å²) in [5, 5.41) is 6.16. The molecule has 0 atom stereocenters. The van der Waals surface area contributed by atoms with Crippen LogP contribution in [0.25, 0.3) is 0 Å². The van der Waals surface area contributed by atoms with E-state index in [0.717, 1.165) is 25.9 Å². The van der Waals surface area contributed by atoms with Gasteiger partial charge < -0.3 is 15.4 Å². The van der Waals surface area contributed by atoms with Crippen LogP contribution in [0.1, 0.15) is 32.6 Å². The molecule has 2 aliphatic rings. The number of hydrogen-bond donors (Lipinski definition) is 2. The molecule has 1 amide bonds. The summed E-state index contributed by atoms with van der Waals surface area (Å²) >= 11 is 0. The van der Waals surface area contributed by atoms with Crippen LogP contribution in [0.3, 0.4) is 0 Å². The van der Waals surface area contributed by atoms with Gasteiger partial charge in [-0.25, -0.2) is 0 Å². The highest BCUT2D eigenvalue weighted by Gasteiger charge is 2.33. The molecule has 1 aliphatic carbocycles. The molecule has 2 fully saturated rings. The highest BCUT2D eigenvalue weighted by molar-refractivity contribution is 5.77. The Bertz CT molecular complexity index is 233. The van der Waals surface area contributed by atoms with Crippen molar-refractivity contribution in [1.82, 2.24) is 10.6 Å². The zero-order valence-corrected chi connectivity index (χ0v) is 9.34. The largest absolute Gasteiger partial charge is 0.363 e. The van der Waals surface area contributed by atoms with Gasteiger partial charge in [-0.05, 0) is 19.8 Å². The van der Waals surface area contributed by atoms with Crippen LogP contribution in [0.4, 0.5) is 0 Å². The summed E-state index contributed by atoms with van der Waals surface area (Å²) in [7, 11) is 0. The first kappa shape index (κ1) is 10.9. The Balaban J connectivity index is 1.63. The Morgan fingerprint density at radius 2 is 2.13 bits per heavy atom. The molecule has 0 unspecified atom stereocenters. The molecular weight excluding hydrogens is 192 g/mol. The van der Waals surface area contributed by atoms with Crippen molar-refractivity contribution in [2.24, 2.45) is 0 Å². The Morgan fingerprint density at radius 3 is 2.67 bits per heavy atom. The molecule has 1 saturated carbocycles. The molecule has 0 radical (unpaired) electrons. The van der Waals surface area contributed by atoms with E-state index >= 15 is 0 Å². The van der Waals surface area contributed by atoms with Crippen LogP contribution in [-0.2, 0) is 9.53 Å². The molecule has 4 nitrogen and oxygen atoms in total. The van der Waals surface area contributed by atoms with E-state index in [1.807, 2.05) is 6.92 Å². The van der Waals surface area contributed by atoms with Gasteiger partial charge in [-0.3, -0.25) is 4.79 Å². The third kappa shape index (κ3) is 2.92. The summed E-state index contributed by atoms with van der Waals surface area (Å²) in [5.41, 5.74) is -0.118. The van der Waals surface area contributed by atoms with Crippen LogP contribution in [-0.4, -0.2) is 37.2 Å². The Morgan fingerprint density at radius 1 is 1.47 bits per heavy atom. The van der Waals surface area contributed by atoms with Gasteiger partial charge in [0.1, 0.15) is 6.61 Å². The van der Waals surface area contributed by atoms with E-state index in [9.17, 15) is 4.79 Å². The van der Waals surface area contributed by atoms with Crippen molar-refractivity contribution in [3.63, 3.8) is 0 Å². The minimum absolute atomic E-state index is 0.0371. The lowest BCUT2D eigenvalue weighted by Crippen LogP contribution is -2.59. The zero-order chi connectivity index (χ0) is 10.7. The number of hydrogen-bond acceptors (Lipinski definition) is 3. The summed E-state index contributed by atoms with van der Waals surface area (Å²) in [6, 6.07) is 0.397. The predicted octanol–water partition coefficient (Wildman–Crippen LogP) is 0.424. The lowest BCUT2D eigenvalue weighted by molar-refractivity contribution is -0.136. The van der Waals surface area contributed by atoms with Gasteiger partial charge in [-0.1, -0.05) is 12.8 Å². The lowest BCUT2D eigenvalue weighted by atomic mass is 10.0. The van der Waals surface area contributed by atoms with Crippen LogP contribution in [0.2, 0.25) is 0 Å². The fourth-order valence-electron chi connectivity index (χ4n) is 2.16. The van der Waals surface area contributed by atoms with Crippen LogP contribution in [0.15, 0.2) is 0 Å². The number of nitrogens with one attached hydrogen (secondary N) is 2. The molecule has 2 rings (SSSR count). The second-order valence-electron chi connectivity index (χ2n) is 4.89. The van der Waals surface area contributed by atoms with Crippen LogP contribution >= 0.6 is 0 Å². The molecule has 2 N–H and O–H groups in total. The Labute approximate surface area is 90.8 Å². The van der Waals surface area contributed by atoms with Crippen molar-refractivity contribution >= 4 is 5.91 Å². The fourth-order valence-corrected chi connectivity index (χ4v) is 2.16. The standard InChI is InChI=1S/C11H20N2O2/c1-11(7-12-8-11)15-6-10(14)13-9-4-2-3-5-9/h9,12H,2-8H2,1H3,(H,13,14). The van der Waals surface area contributed by atoms with Crippen molar-refractivity contribution < 1.29 is 9.53 Å². The molecule has 0 aromatic heterocycles. The maximum absolute atomic E-state index is 11.5. The van der Waals surface area contributed by atoms with E-state index in [-0.39, 0.29) is 18.1 Å². The topological polar surface area (TPSA) is 50.4 Å². The summed E-state index contributed by atoms with van der Waals surface area (Å²) < 4.78 is 5.56. The molecule has 4 heteroatoms. The van der Waals surface area contributed by atoms with Gasteiger partial charge in [0, 0.05) is 19.1 Å². The molecule has 15 heavy (non-hydrogen) atoms. The van der Waals surface area contributed by atoms with Gasteiger partial charge in [0.15, 0.2) is 0 Å². The second kappa shape index (κ2) is 4.49. The Hall–Kier alpha value is -0.610. The molecule has 1 saturated heterocycles. The molecule has 0 aromatic carbocycles. The van der Waals surface area contributed by atoms with E-state index in [1.54, 1.807) is 0 Å². The minimum atomic E-state index is -0.118. The van der Waals surface area contributed by atoms with Gasteiger partial charge in [-0.2, -0.15) is 0 Å². The number of ether oxygens (including phenoxy) is 1. The second-order valence-corrected chi connectivity index (χ2v) is 4.89. The van der Waals surface area contributed by atoms with Crippen molar-refractivity contribution in [3.8, 4) is 0 Å². The summed E-state index contributed by atoms with van der Waals surface area (Å²) in [5.74, 6) is 0.0371. The molecule has 0 aromatic rings. The van der Waals surface area contributed by atoms with Crippen molar-refractivity contribution in [2.45, 2.75) is 44.2 Å². The minimum Gasteiger partial charge on any atom is -0.363 e. The first-order valence-corrected chi connectivity index (χ1v) is 5.82. The number of amides is 1. The molecular formula is C11H20N2O2. The molecule has 1 aliphatic heterocycles. The lowest BCUT2D eigenvalue weighted by Gasteiger charge is -2.38. The quantitative estimate of drug-likeness (QED) is 0.710. The maximum atomic E-state index is 11.5. The third-order valence-corrected chi connectivity index (χ3v) is 3.27. The van der Waals surface area contributed by atoms with E-state index in [1.165, 1.54) is 12.8 Å². The van der Waals surface area contributed by atoms with Crippen molar-refractivity contribution in [2.75, 3.05) is 19.7 Å². The van der Waals surface area contributed by atoms with E-state index in [4.69, 9.17) is 4.74 Å². The third-order valence-electron chi connectivity index (χ3n) is 3.27. The van der Waals surface area contributed by atoms with Gasteiger partial charge >= 0.3 is 0 Å². The van der Waals surface area contributed by atoms with Gasteiger partial charge in [0.05, 0.1) is 5.60 Å². The smallest absolute Gasteiger partial charge is 0.246 e. The maximum Gasteiger partial charge on any atom is 0.246 e. The summed E-state index contributed by atoms with van der Waals surface area (Å²) in [4.78, 5) is 11.5. The van der Waals surface area contributed by atoms with E-state index < -0.39 is 0 Å². The normalized spacial score (nSPS) is 24.9. The average molecular weight is 212 g/mol. The highest BCUT2D eigenvalue weighted by atomic mass is 16.5. The number of carbonyl (C=O) groups is 1. The predicted molar refractivity (Wildman–Crippen MR) is 57.6 cm³/mol. The van der Waals surface area contributed by atoms with E-state index in [0.29, 0.717) is 6.04 Å². The monoisotopic (exact) mass is 212 g/mol. The first-order valence-electron chi connectivity index (χ1n) is 5.82. The van der Waals surface area contributed by atoms with Crippen LogP contribution in [0, 0.1) is 0 Å². The van der Waals surface area contributed by atoms with E-state index in [2.05, 4.69) is 10.6 Å². The average Bonchev–Trinajstić information content (AvgIpc) is 2.64. The fraction of sp³-hybridized carbons (Fsp3) is 0.909. The van der Waals surface area contributed by atoms with Gasteiger partial charge in [-0.15, -0.1) is 0 Å². The Kier molecular flexibility index (Phi) is 3.26. The van der Waals surface area contributed by atoms with Crippen molar-refractivity contribution in [1.29, 1.82) is 0 Å². The van der Waals surface area contributed by atoms with Gasteiger partial charge in [0.25, 0.3) is 0 Å². The number of carbonyl (C=O) groups excluding carboxylic acids is 1.